The SMILES string of the molecule is Cc1cn(CCC(O)[C]2[CH][CH][CH][CH]2)c(=O)[nH]c1=O.[CH]1[CH][CH][CH][CH]1.[Fe+2]. The quantitative estimate of drug-likeness (QED) is 0.780. The van der Waals surface area contributed by atoms with Gasteiger partial charge in [0.2, 0.25) is 0 Å². The second-order valence-corrected chi connectivity index (χ2v) is 5.25. The van der Waals surface area contributed by atoms with Gasteiger partial charge in [0, 0.05) is 24.2 Å². The number of H-pyrrole nitrogens is 1. The number of aromatic amines is 1. The molecule has 2 fully saturated rings. The van der Waals surface area contributed by atoms with E-state index < -0.39 is 11.8 Å². The van der Waals surface area contributed by atoms with E-state index >= 15 is 0 Å². The monoisotopic (exact) mass is 368 g/mol. The zero-order chi connectivity index (χ0) is 16.7. The normalized spacial score (nSPS) is 18.6. The van der Waals surface area contributed by atoms with Gasteiger partial charge in [-0.2, -0.15) is 0 Å². The number of aliphatic hydroxyl groups is 1. The smallest absolute Gasteiger partial charge is 0.392 e. The Morgan fingerprint density at radius 1 is 1.04 bits per heavy atom. The van der Waals surface area contributed by atoms with Gasteiger partial charge in [-0.25, -0.2) is 4.79 Å². The van der Waals surface area contributed by atoms with Gasteiger partial charge < -0.3 is 9.67 Å². The largest absolute Gasteiger partial charge is 2.00 e. The first kappa shape index (κ1) is 21.2. The molecule has 0 amide bonds. The van der Waals surface area contributed by atoms with Crippen LogP contribution in [0.3, 0.4) is 0 Å². The van der Waals surface area contributed by atoms with Gasteiger partial charge in [-0.15, -0.1) is 0 Å². The number of hydrogen-bond donors (Lipinski definition) is 2. The van der Waals surface area contributed by atoms with Crippen molar-refractivity contribution in [3.05, 3.63) is 96.3 Å². The Morgan fingerprint density at radius 2 is 1.58 bits per heavy atom. The van der Waals surface area contributed by atoms with E-state index in [2.05, 4.69) is 4.98 Å². The molecule has 10 radical (unpaired) electrons. The molecule has 0 aromatic carbocycles. The molecule has 0 aliphatic heterocycles. The summed E-state index contributed by atoms with van der Waals surface area (Å²) in [6, 6.07) is 0. The predicted molar refractivity (Wildman–Crippen MR) is 88.6 cm³/mol. The summed E-state index contributed by atoms with van der Waals surface area (Å²) in [5.74, 6) is 0.837. The van der Waals surface area contributed by atoms with Crippen molar-refractivity contribution in [1.29, 1.82) is 0 Å². The average molecular weight is 368 g/mol. The van der Waals surface area contributed by atoms with Gasteiger partial charge in [0.05, 0.1) is 6.10 Å². The molecule has 1 aromatic heterocycles. The Morgan fingerprint density at radius 3 is 2.12 bits per heavy atom. The van der Waals surface area contributed by atoms with Crippen molar-refractivity contribution in [1.82, 2.24) is 9.55 Å². The molecule has 0 bridgehead atoms. The van der Waals surface area contributed by atoms with Crippen LogP contribution in [0.1, 0.15) is 12.0 Å². The van der Waals surface area contributed by atoms with Crippen LogP contribution >= 0.6 is 0 Å². The van der Waals surface area contributed by atoms with Crippen LogP contribution < -0.4 is 11.2 Å². The van der Waals surface area contributed by atoms with E-state index in [4.69, 9.17) is 0 Å². The number of hydrogen-bond acceptors (Lipinski definition) is 3. The van der Waals surface area contributed by atoms with Gasteiger partial charge in [0.15, 0.2) is 0 Å². The zero-order valence-electron chi connectivity index (χ0n) is 13.3. The first-order valence-corrected chi connectivity index (χ1v) is 7.44. The first-order valence-electron chi connectivity index (χ1n) is 7.44. The minimum absolute atomic E-state index is 0. The average Bonchev–Trinajstić information content (AvgIpc) is 3.25. The molecule has 24 heavy (non-hydrogen) atoms. The summed E-state index contributed by atoms with van der Waals surface area (Å²) in [6.45, 7) is 2.01. The number of aromatic nitrogens is 2. The summed E-state index contributed by atoms with van der Waals surface area (Å²) in [5.41, 5.74) is -0.328. The summed E-state index contributed by atoms with van der Waals surface area (Å²) < 4.78 is 1.41. The van der Waals surface area contributed by atoms with Crippen molar-refractivity contribution in [2.24, 2.45) is 0 Å². The Kier molecular flexibility index (Phi) is 9.64. The fourth-order valence-corrected chi connectivity index (χ4v) is 2.14. The first-order chi connectivity index (χ1) is 11.1. The topological polar surface area (TPSA) is 75.1 Å². The number of aryl methyl sites for hydroxylation is 2. The minimum atomic E-state index is -0.598. The van der Waals surface area contributed by atoms with E-state index in [1.807, 2.05) is 57.8 Å². The molecule has 126 valence electrons. The molecule has 1 aromatic rings. The standard InChI is InChI=1S/C13H15N2O3.C5H5.Fe/c1-9-8-15(13(18)14-12(9)17)7-6-11(16)10-4-2-3-5-10;1-2-4-5-3-1;/h2-5,8,11,16H,6-7H2,1H3,(H,14,17,18);1-5H;/q;;+2. The molecule has 1 unspecified atom stereocenters. The second-order valence-electron chi connectivity index (χ2n) is 5.25. The van der Waals surface area contributed by atoms with E-state index in [-0.39, 0.29) is 22.6 Å². The van der Waals surface area contributed by atoms with Crippen molar-refractivity contribution in [2.75, 3.05) is 0 Å². The predicted octanol–water partition coefficient (Wildman–Crippen LogP) is 1.02. The maximum Gasteiger partial charge on any atom is 2.00 e. The Bertz CT molecular complexity index is 579. The molecule has 1 atom stereocenters. The third-order valence-electron chi connectivity index (χ3n) is 3.46. The third-order valence-corrected chi connectivity index (χ3v) is 3.46. The van der Waals surface area contributed by atoms with E-state index in [1.165, 1.54) is 10.8 Å². The molecule has 3 rings (SSSR count). The van der Waals surface area contributed by atoms with Crippen LogP contribution in [-0.4, -0.2) is 20.8 Å². The fraction of sp³-hybridized carbons (Fsp3) is 0.222. The van der Waals surface area contributed by atoms with Gasteiger partial charge in [-0.1, -0.05) is 0 Å². The van der Waals surface area contributed by atoms with E-state index in [0.29, 0.717) is 18.5 Å². The molecule has 0 spiro atoms. The van der Waals surface area contributed by atoms with Gasteiger partial charge >= 0.3 is 22.8 Å². The zero-order valence-corrected chi connectivity index (χ0v) is 14.4. The van der Waals surface area contributed by atoms with Crippen LogP contribution in [0, 0.1) is 70.6 Å². The van der Waals surface area contributed by atoms with Crippen LogP contribution in [0.5, 0.6) is 0 Å². The number of nitrogens with one attached hydrogen (secondary N) is 1. The molecule has 2 aliphatic rings. The molecular formula is C18H20FeN2O3+2. The van der Waals surface area contributed by atoms with Gasteiger partial charge in [-0.05, 0) is 71.1 Å². The molecule has 5 nitrogen and oxygen atoms in total. The summed E-state index contributed by atoms with van der Waals surface area (Å²) in [6.07, 6.45) is 18.7. The van der Waals surface area contributed by atoms with Crippen molar-refractivity contribution in [3.63, 3.8) is 0 Å². The minimum Gasteiger partial charge on any atom is -0.392 e. The number of nitrogens with zero attached hydrogens (tertiary/aromatic N) is 1. The molecule has 6 heteroatoms. The molecule has 2 aliphatic carbocycles. The van der Waals surface area contributed by atoms with Gasteiger partial charge in [-0.3, -0.25) is 9.78 Å². The van der Waals surface area contributed by atoms with Crippen LogP contribution in [-0.2, 0) is 23.6 Å². The van der Waals surface area contributed by atoms with Gasteiger partial charge in [0.25, 0.3) is 5.56 Å². The Labute approximate surface area is 154 Å². The van der Waals surface area contributed by atoms with Crippen LogP contribution in [0.4, 0.5) is 0 Å². The van der Waals surface area contributed by atoms with Crippen LogP contribution in [0.2, 0.25) is 0 Å². The van der Waals surface area contributed by atoms with E-state index in [0.717, 1.165) is 5.92 Å². The maximum absolute atomic E-state index is 11.5. The van der Waals surface area contributed by atoms with Crippen molar-refractivity contribution in [3.8, 4) is 0 Å². The molecule has 2 saturated carbocycles. The third kappa shape index (κ3) is 6.58. The number of aliphatic hydroxyl groups excluding tert-OH is 1. The van der Waals surface area contributed by atoms with Gasteiger partial charge in [0.1, 0.15) is 0 Å². The number of rotatable bonds is 4. The maximum atomic E-state index is 11.5. The summed E-state index contributed by atoms with van der Waals surface area (Å²) >= 11 is 0. The van der Waals surface area contributed by atoms with E-state index in [9.17, 15) is 14.7 Å². The van der Waals surface area contributed by atoms with Crippen molar-refractivity contribution >= 4 is 0 Å². The molecule has 2 N–H and O–H groups in total. The molecular weight excluding hydrogens is 348 g/mol. The van der Waals surface area contributed by atoms with Crippen molar-refractivity contribution in [2.45, 2.75) is 26.0 Å². The second kappa shape index (κ2) is 10.9. The fourth-order valence-electron chi connectivity index (χ4n) is 2.14. The molecule has 1 heterocycles. The van der Waals surface area contributed by atoms with Crippen LogP contribution in [0.25, 0.3) is 0 Å². The van der Waals surface area contributed by atoms with E-state index in [1.54, 1.807) is 6.92 Å². The Balaban J connectivity index is 0.000000412. The molecule has 0 saturated heterocycles. The summed E-state index contributed by atoms with van der Waals surface area (Å²) in [7, 11) is 0. The Hall–Kier alpha value is -0.841. The summed E-state index contributed by atoms with van der Waals surface area (Å²) in [5, 5.41) is 9.90. The summed E-state index contributed by atoms with van der Waals surface area (Å²) in [4.78, 5) is 25.0. The van der Waals surface area contributed by atoms with Crippen molar-refractivity contribution < 1.29 is 22.2 Å². The van der Waals surface area contributed by atoms with Crippen LogP contribution in [0.15, 0.2) is 15.8 Å².